The van der Waals surface area contributed by atoms with Gasteiger partial charge in [0.05, 0.1) is 10.9 Å². The molecule has 1 aliphatic rings. The molecule has 3 nitrogen and oxygen atoms in total. The Labute approximate surface area is 152 Å². The Morgan fingerprint density at radius 3 is 2.62 bits per heavy atom. The average Bonchev–Trinajstić information content (AvgIpc) is 2.55. The number of hydrogen-bond donors (Lipinski definition) is 3. The third-order valence-corrected chi connectivity index (χ3v) is 5.86. The molecule has 1 heterocycles. The number of thiol groups is 1. The first-order chi connectivity index (χ1) is 11.4. The first kappa shape index (κ1) is 17.0. The van der Waals surface area contributed by atoms with Crippen LogP contribution in [0.5, 0.6) is 0 Å². The first-order valence-corrected chi connectivity index (χ1v) is 9.13. The zero-order chi connectivity index (χ0) is 17.3. The van der Waals surface area contributed by atoms with Crippen LogP contribution < -0.4 is 10.6 Å². The van der Waals surface area contributed by atoms with Crippen molar-refractivity contribution in [1.29, 1.82) is 0 Å². The van der Waals surface area contributed by atoms with Crippen molar-refractivity contribution in [3.05, 3.63) is 60.3 Å². The maximum Gasteiger partial charge on any atom is 0.255 e. The van der Waals surface area contributed by atoms with Crippen LogP contribution in [0.25, 0.3) is 0 Å². The average molecular weight is 357 g/mol. The van der Waals surface area contributed by atoms with E-state index in [9.17, 15) is 4.79 Å². The number of carbonyl (C=O) groups excluding carboxylic acids is 1. The highest BCUT2D eigenvalue weighted by molar-refractivity contribution is 8.00. The second-order valence-electron chi connectivity index (χ2n) is 6.14. The van der Waals surface area contributed by atoms with E-state index in [1.54, 1.807) is 11.8 Å². The summed E-state index contributed by atoms with van der Waals surface area (Å²) in [6.45, 7) is 8.50. The Balaban J connectivity index is 1.79. The molecule has 1 aliphatic heterocycles. The van der Waals surface area contributed by atoms with E-state index in [4.69, 9.17) is 0 Å². The summed E-state index contributed by atoms with van der Waals surface area (Å²) >= 11 is 6.04. The van der Waals surface area contributed by atoms with Gasteiger partial charge in [0, 0.05) is 26.7 Å². The molecule has 0 radical (unpaired) electrons. The summed E-state index contributed by atoms with van der Waals surface area (Å²) in [5.74, 6) is 0.369. The molecule has 5 heteroatoms. The minimum Gasteiger partial charge on any atom is -0.358 e. The van der Waals surface area contributed by atoms with Gasteiger partial charge in [0.15, 0.2) is 0 Å². The molecule has 2 N–H and O–H groups in total. The summed E-state index contributed by atoms with van der Waals surface area (Å²) < 4.78 is 0. The molecule has 24 heavy (non-hydrogen) atoms. The molecule has 0 fully saturated rings. The van der Waals surface area contributed by atoms with Gasteiger partial charge in [-0.25, -0.2) is 0 Å². The van der Waals surface area contributed by atoms with Crippen molar-refractivity contribution in [3.63, 3.8) is 0 Å². The second-order valence-corrected chi connectivity index (χ2v) is 7.84. The van der Waals surface area contributed by atoms with Crippen molar-refractivity contribution < 1.29 is 4.79 Å². The summed E-state index contributed by atoms with van der Waals surface area (Å²) in [6, 6.07) is 13.1. The van der Waals surface area contributed by atoms with E-state index in [1.807, 2.05) is 42.5 Å². The van der Waals surface area contributed by atoms with Crippen molar-refractivity contribution in [1.82, 2.24) is 0 Å². The lowest BCUT2D eigenvalue weighted by Crippen LogP contribution is -2.23. The highest BCUT2D eigenvalue weighted by Gasteiger charge is 2.25. The molecule has 0 spiro atoms. The summed E-state index contributed by atoms with van der Waals surface area (Å²) in [6.07, 6.45) is 0. The molecule has 1 unspecified atom stereocenters. The molecule has 124 valence electrons. The molecule has 1 atom stereocenters. The zero-order valence-electron chi connectivity index (χ0n) is 13.7. The molecule has 3 rings (SSSR count). The summed E-state index contributed by atoms with van der Waals surface area (Å²) in [5, 5.41) is 6.60. The van der Waals surface area contributed by atoms with Gasteiger partial charge in [-0.05, 0) is 48.4 Å². The minimum atomic E-state index is -0.131. The molecule has 2 aromatic rings. The number of rotatable bonds is 3. The summed E-state index contributed by atoms with van der Waals surface area (Å²) in [7, 11) is 0. The van der Waals surface area contributed by atoms with Crippen molar-refractivity contribution in [2.45, 2.75) is 28.9 Å². The number of anilines is 2. The fraction of sp³-hybridized carbons (Fsp3) is 0.211. The maximum atomic E-state index is 12.5. The Morgan fingerprint density at radius 1 is 1.25 bits per heavy atom. The number of fused-ring (bicyclic) bond motifs is 1. The number of amides is 1. The zero-order valence-corrected chi connectivity index (χ0v) is 15.4. The van der Waals surface area contributed by atoms with Gasteiger partial charge in [0.2, 0.25) is 0 Å². The topological polar surface area (TPSA) is 41.1 Å². The van der Waals surface area contributed by atoms with Crippen LogP contribution in [0.4, 0.5) is 11.4 Å². The van der Waals surface area contributed by atoms with Crippen molar-refractivity contribution in [2.75, 3.05) is 10.6 Å². The molecule has 0 bridgehead atoms. The van der Waals surface area contributed by atoms with E-state index in [-0.39, 0.29) is 5.91 Å². The standard InChI is InChI=1S/C19H20N2OS2/c1-11(2)18-12(3)20-16-10-13(4-9-17(16)24-18)19(22)21-14-5-7-15(23)8-6-14/h4-11,18,20,23H,3H2,1-2H3,(H,21,22). The van der Waals surface area contributed by atoms with E-state index in [2.05, 4.69) is 43.7 Å². The van der Waals surface area contributed by atoms with Crippen LogP contribution in [0.15, 0.2) is 64.5 Å². The Morgan fingerprint density at radius 2 is 1.96 bits per heavy atom. The van der Waals surface area contributed by atoms with Crippen LogP contribution in [-0.4, -0.2) is 11.2 Å². The summed E-state index contributed by atoms with van der Waals surface area (Å²) in [4.78, 5) is 14.5. The van der Waals surface area contributed by atoms with Crippen LogP contribution in [0.1, 0.15) is 24.2 Å². The van der Waals surface area contributed by atoms with Crippen LogP contribution in [-0.2, 0) is 0 Å². The third-order valence-electron chi connectivity index (χ3n) is 3.87. The van der Waals surface area contributed by atoms with Gasteiger partial charge < -0.3 is 10.6 Å². The van der Waals surface area contributed by atoms with Gasteiger partial charge in [0.1, 0.15) is 0 Å². The maximum absolute atomic E-state index is 12.5. The molecular weight excluding hydrogens is 336 g/mol. The monoisotopic (exact) mass is 356 g/mol. The van der Waals surface area contributed by atoms with Gasteiger partial charge in [-0.2, -0.15) is 0 Å². The van der Waals surface area contributed by atoms with Crippen LogP contribution >= 0.6 is 24.4 Å². The van der Waals surface area contributed by atoms with Crippen molar-refractivity contribution in [3.8, 4) is 0 Å². The number of hydrogen-bond acceptors (Lipinski definition) is 4. The minimum absolute atomic E-state index is 0.131. The molecule has 1 amide bonds. The smallest absolute Gasteiger partial charge is 0.255 e. The van der Waals surface area contributed by atoms with Gasteiger partial charge in [-0.15, -0.1) is 24.4 Å². The number of nitrogens with one attached hydrogen (secondary N) is 2. The lowest BCUT2D eigenvalue weighted by molar-refractivity contribution is 0.102. The molecule has 0 saturated carbocycles. The first-order valence-electron chi connectivity index (χ1n) is 7.81. The normalized spacial score (nSPS) is 16.5. The van der Waals surface area contributed by atoms with E-state index in [0.717, 1.165) is 26.9 Å². The highest BCUT2D eigenvalue weighted by Crippen LogP contribution is 2.42. The molecule has 0 aliphatic carbocycles. The fourth-order valence-corrected chi connectivity index (χ4v) is 3.89. The Kier molecular flexibility index (Phi) is 4.92. The van der Waals surface area contributed by atoms with Gasteiger partial charge in [-0.3, -0.25) is 4.79 Å². The number of thioether (sulfide) groups is 1. The van der Waals surface area contributed by atoms with Gasteiger partial charge in [-0.1, -0.05) is 20.4 Å². The predicted molar refractivity (Wildman–Crippen MR) is 105 cm³/mol. The summed E-state index contributed by atoms with van der Waals surface area (Å²) in [5.41, 5.74) is 3.31. The Bertz CT molecular complexity index is 784. The van der Waals surface area contributed by atoms with Gasteiger partial charge >= 0.3 is 0 Å². The fourth-order valence-electron chi connectivity index (χ4n) is 2.61. The molecule has 0 saturated heterocycles. The van der Waals surface area contributed by atoms with Crippen molar-refractivity contribution >= 4 is 41.7 Å². The predicted octanol–water partition coefficient (Wildman–Crippen LogP) is 5.28. The largest absolute Gasteiger partial charge is 0.358 e. The van der Waals surface area contributed by atoms with Gasteiger partial charge in [0.25, 0.3) is 5.91 Å². The van der Waals surface area contributed by atoms with Crippen LogP contribution in [0, 0.1) is 5.92 Å². The van der Waals surface area contributed by atoms with Crippen LogP contribution in [0.3, 0.4) is 0 Å². The van der Waals surface area contributed by atoms with E-state index in [0.29, 0.717) is 16.7 Å². The lowest BCUT2D eigenvalue weighted by atomic mass is 10.1. The third kappa shape index (κ3) is 3.62. The highest BCUT2D eigenvalue weighted by atomic mass is 32.2. The van der Waals surface area contributed by atoms with E-state index in [1.165, 1.54) is 0 Å². The quantitative estimate of drug-likeness (QED) is 0.655. The lowest BCUT2D eigenvalue weighted by Gasteiger charge is -2.30. The van der Waals surface area contributed by atoms with E-state index < -0.39 is 0 Å². The van der Waals surface area contributed by atoms with Crippen molar-refractivity contribution in [2.24, 2.45) is 5.92 Å². The Hall–Kier alpha value is -1.85. The SMILES string of the molecule is C=C1Nc2cc(C(=O)Nc3ccc(S)cc3)ccc2SC1C(C)C. The molecule has 0 aromatic heterocycles. The molecule has 2 aromatic carbocycles. The number of benzene rings is 2. The van der Waals surface area contributed by atoms with E-state index >= 15 is 0 Å². The molecular formula is C19H20N2OS2. The number of carbonyl (C=O) groups is 1. The van der Waals surface area contributed by atoms with Crippen LogP contribution in [0.2, 0.25) is 0 Å². The second kappa shape index (κ2) is 6.95.